The number of rotatable bonds is 2. The molecule has 3 aromatic heterocycles. The number of nitroso groups, excluding NO2 is 1. The normalized spacial score (nSPS) is 10.9. The minimum atomic E-state index is 0.367. The molecule has 3 heterocycles. The van der Waals surface area contributed by atoms with E-state index in [1.165, 1.54) is 0 Å². The van der Waals surface area contributed by atoms with Crippen LogP contribution in [-0.2, 0) is 0 Å². The van der Waals surface area contributed by atoms with Gasteiger partial charge in [0.1, 0.15) is 11.3 Å². The maximum atomic E-state index is 11.0. The van der Waals surface area contributed by atoms with Crippen LogP contribution in [0.2, 0.25) is 0 Å². The van der Waals surface area contributed by atoms with Gasteiger partial charge in [-0.2, -0.15) is 0 Å². The second kappa shape index (κ2) is 3.78. The molecule has 0 N–H and O–H groups in total. The van der Waals surface area contributed by atoms with Crippen molar-refractivity contribution in [3.8, 4) is 10.6 Å². The molecule has 0 aliphatic rings. The van der Waals surface area contributed by atoms with E-state index in [-0.39, 0.29) is 0 Å². The van der Waals surface area contributed by atoms with E-state index in [0.717, 1.165) is 16.1 Å². The predicted molar refractivity (Wildman–Crippen MR) is 68.7 cm³/mol. The van der Waals surface area contributed by atoms with Crippen LogP contribution in [0.25, 0.3) is 16.2 Å². The molecule has 0 unspecified atom stereocenters. The molecule has 0 saturated carbocycles. The molecule has 5 heteroatoms. The zero-order chi connectivity index (χ0) is 11.8. The average Bonchev–Trinajstić information content (AvgIpc) is 2.94. The third kappa shape index (κ3) is 1.55. The van der Waals surface area contributed by atoms with Gasteiger partial charge in [0.2, 0.25) is 5.82 Å². The van der Waals surface area contributed by atoms with Crippen molar-refractivity contribution in [2.45, 2.75) is 6.92 Å². The van der Waals surface area contributed by atoms with Crippen LogP contribution in [0.1, 0.15) is 5.56 Å². The quantitative estimate of drug-likeness (QED) is 0.643. The van der Waals surface area contributed by atoms with Gasteiger partial charge >= 0.3 is 0 Å². The Morgan fingerprint density at radius 3 is 2.94 bits per heavy atom. The van der Waals surface area contributed by atoms with Gasteiger partial charge in [-0.25, -0.2) is 4.98 Å². The van der Waals surface area contributed by atoms with Crippen molar-refractivity contribution < 1.29 is 0 Å². The first-order valence-electron chi connectivity index (χ1n) is 5.15. The first kappa shape index (κ1) is 10.2. The Labute approximate surface area is 102 Å². The summed E-state index contributed by atoms with van der Waals surface area (Å²) in [5, 5.41) is 5.07. The molecule has 84 valence electrons. The van der Waals surface area contributed by atoms with Crippen LogP contribution in [0.4, 0.5) is 5.82 Å². The number of aryl methyl sites for hydroxylation is 1. The maximum absolute atomic E-state index is 11.0. The molecule has 3 aromatic rings. The highest BCUT2D eigenvalue weighted by molar-refractivity contribution is 7.13. The summed E-state index contributed by atoms with van der Waals surface area (Å²) < 4.78 is 1.73. The molecule has 0 saturated heterocycles. The van der Waals surface area contributed by atoms with E-state index in [1.54, 1.807) is 15.7 Å². The van der Waals surface area contributed by atoms with E-state index in [2.05, 4.69) is 10.2 Å². The van der Waals surface area contributed by atoms with E-state index < -0.39 is 0 Å². The third-order valence-corrected chi connectivity index (χ3v) is 3.46. The zero-order valence-electron chi connectivity index (χ0n) is 9.12. The van der Waals surface area contributed by atoms with Gasteiger partial charge in [-0.05, 0) is 35.2 Å². The van der Waals surface area contributed by atoms with Crippen LogP contribution in [0.15, 0.2) is 41.0 Å². The number of fused-ring (bicyclic) bond motifs is 1. The standard InChI is InChI=1S/C12H9N3OS/c1-8-4-5-10-13-11(9-3-2-6-17-9)12(14-16)15(10)7-8/h2-7H,1H3. The summed E-state index contributed by atoms with van der Waals surface area (Å²) in [5.41, 5.74) is 2.46. The highest BCUT2D eigenvalue weighted by Crippen LogP contribution is 2.33. The molecule has 0 bridgehead atoms. The number of thiophene rings is 1. The largest absolute Gasteiger partial charge is 0.281 e. The summed E-state index contributed by atoms with van der Waals surface area (Å²) in [5.74, 6) is 0.367. The first-order chi connectivity index (χ1) is 8.29. The van der Waals surface area contributed by atoms with Gasteiger partial charge in [-0.3, -0.25) is 4.40 Å². The molecule has 0 aliphatic carbocycles. The Morgan fingerprint density at radius 2 is 2.24 bits per heavy atom. The zero-order valence-corrected chi connectivity index (χ0v) is 9.94. The minimum absolute atomic E-state index is 0.367. The highest BCUT2D eigenvalue weighted by Gasteiger charge is 2.15. The van der Waals surface area contributed by atoms with Gasteiger partial charge < -0.3 is 0 Å². The number of nitrogens with zero attached hydrogens (tertiary/aromatic N) is 3. The minimum Gasteiger partial charge on any atom is -0.281 e. The number of hydrogen-bond donors (Lipinski definition) is 0. The second-order valence-electron chi connectivity index (χ2n) is 3.79. The lowest BCUT2D eigenvalue weighted by molar-refractivity contribution is 1.14. The summed E-state index contributed by atoms with van der Waals surface area (Å²) in [7, 11) is 0. The van der Waals surface area contributed by atoms with Crippen molar-refractivity contribution in [3.05, 3.63) is 46.3 Å². The summed E-state index contributed by atoms with van der Waals surface area (Å²) in [6.45, 7) is 1.97. The van der Waals surface area contributed by atoms with Crippen LogP contribution in [0.5, 0.6) is 0 Å². The van der Waals surface area contributed by atoms with Crippen molar-refractivity contribution in [2.24, 2.45) is 5.18 Å². The van der Waals surface area contributed by atoms with E-state index in [1.807, 2.05) is 42.8 Å². The summed E-state index contributed by atoms with van der Waals surface area (Å²) >= 11 is 1.55. The van der Waals surface area contributed by atoms with Crippen molar-refractivity contribution in [3.63, 3.8) is 0 Å². The lowest BCUT2D eigenvalue weighted by Gasteiger charge is -1.96. The predicted octanol–water partition coefficient (Wildman–Crippen LogP) is 3.77. The van der Waals surface area contributed by atoms with Gasteiger partial charge in [0, 0.05) is 6.20 Å². The van der Waals surface area contributed by atoms with E-state index in [9.17, 15) is 4.91 Å². The second-order valence-corrected chi connectivity index (χ2v) is 4.73. The summed E-state index contributed by atoms with van der Waals surface area (Å²) in [4.78, 5) is 16.4. The SMILES string of the molecule is Cc1ccc2nc(-c3cccs3)c(N=O)n2c1. The number of imidazole rings is 1. The summed E-state index contributed by atoms with van der Waals surface area (Å²) in [6.07, 6.45) is 1.87. The van der Waals surface area contributed by atoms with Crippen molar-refractivity contribution in [1.29, 1.82) is 0 Å². The van der Waals surface area contributed by atoms with Gasteiger partial charge in [-0.1, -0.05) is 12.1 Å². The smallest absolute Gasteiger partial charge is 0.210 e. The Kier molecular flexibility index (Phi) is 2.26. The van der Waals surface area contributed by atoms with Gasteiger partial charge in [0.25, 0.3) is 0 Å². The molecule has 0 radical (unpaired) electrons. The maximum Gasteiger partial charge on any atom is 0.210 e. The molecule has 0 aliphatic heterocycles. The molecule has 3 rings (SSSR count). The number of pyridine rings is 1. The molecule has 4 nitrogen and oxygen atoms in total. The summed E-state index contributed by atoms with van der Waals surface area (Å²) in [6, 6.07) is 7.73. The molecule has 0 fully saturated rings. The van der Waals surface area contributed by atoms with Gasteiger partial charge in [0.15, 0.2) is 0 Å². The molecule has 0 spiro atoms. The molecular formula is C12H9N3OS. The van der Waals surface area contributed by atoms with Gasteiger partial charge in [-0.15, -0.1) is 16.2 Å². The van der Waals surface area contributed by atoms with Crippen LogP contribution in [0.3, 0.4) is 0 Å². The monoisotopic (exact) mass is 243 g/mol. The Hall–Kier alpha value is -2.01. The van der Waals surface area contributed by atoms with Crippen LogP contribution in [-0.4, -0.2) is 9.38 Å². The average molecular weight is 243 g/mol. The van der Waals surface area contributed by atoms with E-state index in [4.69, 9.17) is 0 Å². The molecule has 0 aromatic carbocycles. The van der Waals surface area contributed by atoms with Crippen LogP contribution in [0, 0.1) is 11.8 Å². The molecule has 0 atom stereocenters. The van der Waals surface area contributed by atoms with E-state index >= 15 is 0 Å². The topological polar surface area (TPSA) is 46.7 Å². The first-order valence-corrected chi connectivity index (χ1v) is 6.03. The lowest BCUT2D eigenvalue weighted by Crippen LogP contribution is -1.84. The Balaban J connectivity index is 2.36. The fourth-order valence-corrected chi connectivity index (χ4v) is 2.51. The Morgan fingerprint density at radius 1 is 1.35 bits per heavy atom. The van der Waals surface area contributed by atoms with Gasteiger partial charge in [0.05, 0.1) is 4.88 Å². The highest BCUT2D eigenvalue weighted by atomic mass is 32.1. The number of hydrogen-bond acceptors (Lipinski definition) is 4. The third-order valence-electron chi connectivity index (χ3n) is 2.58. The molecular weight excluding hydrogens is 234 g/mol. The molecule has 0 amide bonds. The fourth-order valence-electron chi connectivity index (χ4n) is 1.80. The fraction of sp³-hybridized carbons (Fsp3) is 0.0833. The lowest BCUT2D eigenvalue weighted by atomic mass is 10.3. The van der Waals surface area contributed by atoms with Crippen LogP contribution < -0.4 is 0 Å². The van der Waals surface area contributed by atoms with Crippen molar-refractivity contribution >= 4 is 22.8 Å². The van der Waals surface area contributed by atoms with Crippen molar-refractivity contribution in [1.82, 2.24) is 9.38 Å². The van der Waals surface area contributed by atoms with Crippen LogP contribution >= 0.6 is 11.3 Å². The molecule has 17 heavy (non-hydrogen) atoms. The number of aromatic nitrogens is 2. The Bertz CT molecular complexity index is 685. The van der Waals surface area contributed by atoms with E-state index in [0.29, 0.717) is 11.5 Å². The van der Waals surface area contributed by atoms with Crippen molar-refractivity contribution in [2.75, 3.05) is 0 Å².